The van der Waals surface area contributed by atoms with Crippen molar-refractivity contribution < 1.29 is 17.9 Å². The number of nitrogens with two attached hydrogens (primary N) is 1. The predicted molar refractivity (Wildman–Crippen MR) is 102 cm³/mol. The third kappa shape index (κ3) is 4.05. The zero-order chi connectivity index (χ0) is 19.4. The second-order valence-electron chi connectivity index (χ2n) is 6.09. The molecule has 144 valence electrons. The van der Waals surface area contributed by atoms with Gasteiger partial charge < -0.3 is 9.64 Å². The normalized spacial score (nSPS) is 15.4. The van der Waals surface area contributed by atoms with Gasteiger partial charge in [-0.1, -0.05) is 0 Å². The molecule has 0 radical (unpaired) electrons. The van der Waals surface area contributed by atoms with Crippen LogP contribution in [0.3, 0.4) is 0 Å². The summed E-state index contributed by atoms with van der Waals surface area (Å²) in [5, 5.41) is 0. The van der Waals surface area contributed by atoms with Crippen LogP contribution in [0, 0.1) is 0 Å². The molecular weight excluding hydrogens is 368 g/mol. The molecule has 2 aromatic carbocycles. The molecule has 0 atom stereocenters. The SMILES string of the molecule is COc1ccc(N2CCN(S(=O)(=O)c3ccc(C(=O)NN)cc3)CC2)cc1. The Bertz CT molecular complexity index is 890. The lowest BCUT2D eigenvalue weighted by Gasteiger charge is -2.35. The number of nitrogen functional groups attached to an aromatic ring is 1. The number of piperazine rings is 1. The van der Waals surface area contributed by atoms with Crippen LogP contribution in [0.25, 0.3) is 0 Å². The molecule has 8 nitrogen and oxygen atoms in total. The number of amides is 1. The Labute approximate surface area is 158 Å². The summed E-state index contributed by atoms with van der Waals surface area (Å²) in [5.74, 6) is 5.40. The van der Waals surface area contributed by atoms with Crippen molar-refractivity contribution in [3.8, 4) is 5.75 Å². The monoisotopic (exact) mass is 390 g/mol. The highest BCUT2D eigenvalue weighted by Crippen LogP contribution is 2.23. The minimum atomic E-state index is -3.60. The number of sulfonamides is 1. The Balaban J connectivity index is 1.67. The number of hydrogen-bond donors (Lipinski definition) is 2. The number of nitrogens with one attached hydrogen (secondary N) is 1. The van der Waals surface area contributed by atoms with E-state index < -0.39 is 15.9 Å². The molecule has 1 fully saturated rings. The first-order valence-electron chi connectivity index (χ1n) is 8.46. The number of nitrogens with zero attached hydrogens (tertiary/aromatic N) is 2. The second kappa shape index (κ2) is 7.95. The molecule has 9 heteroatoms. The number of hydrazine groups is 1. The topological polar surface area (TPSA) is 105 Å². The molecule has 1 amide bonds. The van der Waals surface area contributed by atoms with Gasteiger partial charge in [-0.15, -0.1) is 0 Å². The number of benzene rings is 2. The van der Waals surface area contributed by atoms with Gasteiger partial charge in [-0.2, -0.15) is 4.31 Å². The first-order chi connectivity index (χ1) is 13.0. The molecule has 0 saturated carbocycles. The van der Waals surface area contributed by atoms with E-state index in [9.17, 15) is 13.2 Å². The Hall–Kier alpha value is -2.62. The fourth-order valence-corrected chi connectivity index (χ4v) is 4.41. The van der Waals surface area contributed by atoms with E-state index in [1.165, 1.54) is 28.6 Å². The van der Waals surface area contributed by atoms with Gasteiger partial charge >= 0.3 is 0 Å². The Kier molecular flexibility index (Phi) is 5.64. The maximum absolute atomic E-state index is 12.8. The van der Waals surface area contributed by atoms with Gasteiger partial charge in [-0.05, 0) is 48.5 Å². The number of carbonyl (C=O) groups excluding carboxylic acids is 1. The fourth-order valence-electron chi connectivity index (χ4n) is 2.99. The molecule has 3 N–H and O–H groups in total. The third-order valence-electron chi connectivity index (χ3n) is 4.56. The van der Waals surface area contributed by atoms with Crippen molar-refractivity contribution in [1.29, 1.82) is 0 Å². The van der Waals surface area contributed by atoms with Gasteiger partial charge in [0.1, 0.15) is 5.75 Å². The summed E-state index contributed by atoms with van der Waals surface area (Å²) in [6.07, 6.45) is 0. The second-order valence-corrected chi connectivity index (χ2v) is 8.02. The summed E-state index contributed by atoms with van der Waals surface area (Å²) in [5.41, 5.74) is 3.36. The van der Waals surface area contributed by atoms with E-state index in [4.69, 9.17) is 10.6 Å². The van der Waals surface area contributed by atoms with Crippen molar-refractivity contribution >= 4 is 21.6 Å². The van der Waals surface area contributed by atoms with E-state index in [0.717, 1.165) is 11.4 Å². The van der Waals surface area contributed by atoms with Crippen LogP contribution in [0.1, 0.15) is 10.4 Å². The summed E-state index contributed by atoms with van der Waals surface area (Å²) in [6.45, 7) is 1.97. The van der Waals surface area contributed by atoms with Gasteiger partial charge in [0.25, 0.3) is 5.91 Å². The molecule has 0 aromatic heterocycles. The third-order valence-corrected chi connectivity index (χ3v) is 6.47. The number of hydrogen-bond acceptors (Lipinski definition) is 6. The summed E-state index contributed by atoms with van der Waals surface area (Å²) in [4.78, 5) is 13.8. The summed E-state index contributed by atoms with van der Waals surface area (Å²) in [6, 6.07) is 13.4. The molecule has 1 saturated heterocycles. The lowest BCUT2D eigenvalue weighted by atomic mass is 10.2. The summed E-state index contributed by atoms with van der Waals surface area (Å²) in [7, 11) is -1.99. The minimum Gasteiger partial charge on any atom is -0.497 e. The number of ether oxygens (including phenoxy) is 1. The maximum atomic E-state index is 12.8. The van der Waals surface area contributed by atoms with E-state index in [-0.39, 0.29) is 4.90 Å². The zero-order valence-corrected chi connectivity index (χ0v) is 15.8. The molecule has 3 rings (SSSR count). The average molecular weight is 390 g/mol. The molecule has 1 aliphatic rings. The van der Waals surface area contributed by atoms with Gasteiger partial charge in [-0.25, -0.2) is 14.3 Å². The van der Waals surface area contributed by atoms with Gasteiger partial charge in [0, 0.05) is 37.4 Å². The Morgan fingerprint density at radius 1 is 1.00 bits per heavy atom. The lowest BCUT2D eigenvalue weighted by molar-refractivity contribution is 0.0953. The number of methoxy groups -OCH3 is 1. The molecule has 2 aromatic rings. The minimum absolute atomic E-state index is 0.161. The molecule has 0 unspecified atom stereocenters. The van der Waals surface area contributed by atoms with Gasteiger partial charge in [0.2, 0.25) is 10.0 Å². The first kappa shape index (κ1) is 19.2. The van der Waals surface area contributed by atoms with Crippen molar-refractivity contribution in [2.45, 2.75) is 4.90 Å². The van der Waals surface area contributed by atoms with Gasteiger partial charge in [0.05, 0.1) is 12.0 Å². The molecular formula is C18H22N4O4S. The molecule has 0 spiro atoms. The smallest absolute Gasteiger partial charge is 0.265 e. The largest absolute Gasteiger partial charge is 0.497 e. The van der Waals surface area contributed by atoms with Gasteiger partial charge in [-0.3, -0.25) is 10.2 Å². The summed E-state index contributed by atoms with van der Waals surface area (Å²) >= 11 is 0. The zero-order valence-electron chi connectivity index (χ0n) is 15.0. The van der Waals surface area contributed by atoms with Crippen LogP contribution in [0.2, 0.25) is 0 Å². The molecule has 1 heterocycles. The Morgan fingerprint density at radius 2 is 1.59 bits per heavy atom. The Morgan fingerprint density at radius 3 is 2.11 bits per heavy atom. The van der Waals surface area contributed by atoms with Crippen LogP contribution < -0.4 is 20.9 Å². The first-order valence-corrected chi connectivity index (χ1v) is 9.90. The number of rotatable bonds is 5. The summed E-state index contributed by atoms with van der Waals surface area (Å²) < 4.78 is 32.3. The number of carbonyl (C=O) groups is 1. The molecule has 0 bridgehead atoms. The molecule has 0 aliphatic carbocycles. The lowest BCUT2D eigenvalue weighted by Crippen LogP contribution is -2.48. The van der Waals surface area contributed by atoms with E-state index in [1.807, 2.05) is 29.7 Å². The maximum Gasteiger partial charge on any atom is 0.265 e. The van der Waals surface area contributed by atoms with Crippen molar-refractivity contribution in [1.82, 2.24) is 9.73 Å². The standard InChI is InChI=1S/C18H22N4O4S/c1-26-16-6-4-15(5-7-16)21-10-12-22(13-11-21)27(24,25)17-8-2-14(3-9-17)18(23)20-19/h2-9H,10-13,19H2,1H3,(H,20,23). The van der Waals surface area contributed by atoms with Crippen molar-refractivity contribution in [2.75, 3.05) is 38.2 Å². The highest BCUT2D eigenvalue weighted by atomic mass is 32.2. The van der Waals surface area contributed by atoms with Crippen molar-refractivity contribution in [2.24, 2.45) is 5.84 Å². The van der Waals surface area contributed by atoms with Crippen molar-refractivity contribution in [3.63, 3.8) is 0 Å². The van der Waals surface area contributed by atoms with Crippen LogP contribution in [0.4, 0.5) is 5.69 Å². The van der Waals surface area contributed by atoms with Crippen LogP contribution in [-0.2, 0) is 10.0 Å². The van der Waals surface area contributed by atoms with Crippen LogP contribution in [0.15, 0.2) is 53.4 Å². The van der Waals surface area contributed by atoms with E-state index in [0.29, 0.717) is 31.7 Å². The predicted octanol–water partition coefficient (Wildman–Crippen LogP) is 0.810. The van der Waals surface area contributed by atoms with Crippen molar-refractivity contribution in [3.05, 3.63) is 54.1 Å². The molecule has 1 aliphatic heterocycles. The number of anilines is 1. The van der Waals surface area contributed by atoms with E-state index in [1.54, 1.807) is 7.11 Å². The van der Waals surface area contributed by atoms with Crippen LogP contribution in [0.5, 0.6) is 5.75 Å². The van der Waals surface area contributed by atoms with Crippen LogP contribution in [-0.4, -0.2) is 51.9 Å². The average Bonchev–Trinajstić information content (AvgIpc) is 2.73. The van der Waals surface area contributed by atoms with E-state index in [2.05, 4.69) is 4.90 Å². The van der Waals surface area contributed by atoms with Gasteiger partial charge in [0.15, 0.2) is 0 Å². The van der Waals surface area contributed by atoms with E-state index >= 15 is 0 Å². The highest BCUT2D eigenvalue weighted by molar-refractivity contribution is 7.89. The fraction of sp³-hybridized carbons (Fsp3) is 0.278. The quantitative estimate of drug-likeness (QED) is 0.445. The highest BCUT2D eigenvalue weighted by Gasteiger charge is 2.28. The molecule has 27 heavy (non-hydrogen) atoms. The van der Waals surface area contributed by atoms with Crippen LogP contribution >= 0.6 is 0 Å².